The van der Waals surface area contributed by atoms with Crippen LogP contribution in [0.25, 0.3) is 0 Å². The number of ether oxygens (including phenoxy) is 1. The van der Waals surface area contributed by atoms with E-state index in [1.807, 2.05) is 6.07 Å². The summed E-state index contributed by atoms with van der Waals surface area (Å²) in [6, 6.07) is 4.73. The standard InChI is InChI=1S/C15H14Cl2N4O2/c1-3-23-14(22)12-8(2)20-15-18-7-19-21(15)13(12)9-4-5-10(16)11(17)6-9/h4-7,13H,3H2,1-2H3,(H,18,19,20). The van der Waals surface area contributed by atoms with Gasteiger partial charge < -0.3 is 10.1 Å². The zero-order chi connectivity index (χ0) is 16.6. The van der Waals surface area contributed by atoms with Crippen molar-refractivity contribution >= 4 is 35.1 Å². The van der Waals surface area contributed by atoms with Crippen molar-refractivity contribution in [2.45, 2.75) is 19.9 Å². The second kappa shape index (κ2) is 6.22. The second-order valence-corrected chi connectivity index (χ2v) is 5.80. The van der Waals surface area contributed by atoms with E-state index in [0.717, 1.165) is 5.56 Å². The fraction of sp³-hybridized carbons (Fsp3) is 0.267. The van der Waals surface area contributed by atoms with E-state index in [1.54, 1.807) is 30.7 Å². The number of allylic oxidation sites excluding steroid dienone is 1. The fourth-order valence-electron chi connectivity index (χ4n) is 2.55. The molecule has 0 aliphatic carbocycles. The van der Waals surface area contributed by atoms with Crippen LogP contribution in [-0.2, 0) is 9.53 Å². The predicted molar refractivity (Wildman–Crippen MR) is 87.6 cm³/mol. The van der Waals surface area contributed by atoms with Crippen molar-refractivity contribution in [2.24, 2.45) is 0 Å². The molecule has 1 aromatic carbocycles. The van der Waals surface area contributed by atoms with Crippen LogP contribution in [0.1, 0.15) is 25.5 Å². The minimum Gasteiger partial charge on any atom is -0.463 e. The van der Waals surface area contributed by atoms with Gasteiger partial charge in [-0.25, -0.2) is 9.48 Å². The largest absolute Gasteiger partial charge is 0.463 e. The molecule has 0 fully saturated rings. The van der Waals surface area contributed by atoms with Crippen LogP contribution in [0.5, 0.6) is 0 Å². The van der Waals surface area contributed by atoms with Gasteiger partial charge in [0, 0.05) is 5.70 Å². The van der Waals surface area contributed by atoms with Gasteiger partial charge in [0.25, 0.3) is 0 Å². The molecule has 23 heavy (non-hydrogen) atoms. The number of benzene rings is 1. The lowest BCUT2D eigenvalue weighted by Gasteiger charge is -2.28. The van der Waals surface area contributed by atoms with Gasteiger partial charge in [-0.3, -0.25) is 0 Å². The molecule has 0 saturated carbocycles. The van der Waals surface area contributed by atoms with Crippen LogP contribution < -0.4 is 5.32 Å². The third-order valence-electron chi connectivity index (χ3n) is 3.55. The van der Waals surface area contributed by atoms with Crippen LogP contribution in [0.15, 0.2) is 35.8 Å². The van der Waals surface area contributed by atoms with Crippen LogP contribution in [0, 0.1) is 0 Å². The first kappa shape index (κ1) is 15.8. The number of nitrogens with zero attached hydrogens (tertiary/aromatic N) is 3. The molecule has 1 atom stereocenters. The number of hydrogen-bond donors (Lipinski definition) is 1. The van der Waals surface area contributed by atoms with E-state index in [4.69, 9.17) is 27.9 Å². The Labute approximate surface area is 143 Å². The number of anilines is 1. The molecular formula is C15H14Cl2N4O2. The zero-order valence-electron chi connectivity index (χ0n) is 12.5. The molecule has 120 valence electrons. The van der Waals surface area contributed by atoms with E-state index >= 15 is 0 Å². The highest BCUT2D eigenvalue weighted by molar-refractivity contribution is 6.42. The Hall–Kier alpha value is -2.05. The number of carbonyl (C=O) groups excluding carboxylic acids is 1. The summed E-state index contributed by atoms with van der Waals surface area (Å²) in [5.74, 6) is 0.140. The Morgan fingerprint density at radius 2 is 2.17 bits per heavy atom. The molecule has 2 aromatic rings. The summed E-state index contributed by atoms with van der Waals surface area (Å²) in [6.45, 7) is 3.85. The Balaban J connectivity index is 2.16. The average molecular weight is 353 g/mol. The van der Waals surface area contributed by atoms with Crippen molar-refractivity contribution in [1.29, 1.82) is 0 Å². The maximum atomic E-state index is 12.4. The number of nitrogens with one attached hydrogen (secondary N) is 1. The maximum absolute atomic E-state index is 12.4. The summed E-state index contributed by atoms with van der Waals surface area (Å²) in [5, 5.41) is 8.14. The van der Waals surface area contributed by atoms with Crippen LogP contribution in [0.3, 0.4) is 0 Å². The van der Waals surface area contributed by atoms with Crippen LogP contribution in [-0.4, -0.2) is 27.3 Å². The summed E-state index contributed by atoms with van der Waals surface area (Å²) in [6.07, 6.45) is 1.42. The van der Waals surface area contributed by atoms with Crippen LogP contribution in [0.4, 0.5) is 5.95 Å². The minimum absolute atomic E-state index is 0.286. The average Bonchev–Trinajstić information content (AvgIpc) is 2.96. The zero-order valence-corrected chi connectivity index (χ0v) is 14.0. The Bertz CT molecular complexity index is 801. The molecule has 3 rings (SSSR count). The van der Waals surface area contributed by atoms with Gasteiger partial charge in [-0.2, -0.15) is 10.1 Å². The first-order valence-corrected chi connectivity index (χ1v) is 7.78. The van der Waals surface area contributed by atoms with E-state index in [0.29, 0.717) is 27.3 Å². The molecular weight excluding hydrogens is 339 g/mol. The number of aromatic nitrogens is 3. The lowest BCUT2D eigenvalue weighted by atomic mass is 9.96. The molecule has 1 aliphatic heterocycles. The number of esters is 1. The molecule has 1 aromatic heterocycles. The lowest BCUT2D eigenvalue weighted by molar-refractivity contribution is -0.139. The quantitative estimate of drug-likeness (QED) is 0.856. The Morgan fingerprint density at radius 3 is 2.87 bits per heavy atom. The van der Waals surface area contributed by atoms with Gasteiger partial charge in [0.2, 0.25) is 5.95 Å². The molecule has 1 N–H and O–H groups in total. The van der Waals surface area contributed by atoms with Gasteiger partial charge in [0.15, 0.2) is 0 Å². The van der Waals surface area contributed by atoms with Crippen LogP contribution in [0.2, 0.25) is 10.0 Å². The number of hydrogen-bond acceptors (Lipinski definition) is 5. The Kier molecular flexibility index (Phi) is 4.28. The van der Waals surface area contributed by atoms with Crippen LogP contribution >= 0.6 is 23.2 Å². The predicted octanol–water partition coefficient (Wildman–Crippen LogP) is 3.44. The molecule has 0 radical (unpaired) electrons. The van der Waals surface area contributed by atoms with Gasteiger partial charge in [0.1, 0.15) is 12.4 Å². The maximum Gasteiger partial charge on any atom is 0.338 e. The van der Waals surface area contributed by atoms with Gasteiger partial charge in [-0.15, -0.1) is 0 Å². The summed E-state index contributed by atoms with van der Waals surface area (Å²) in [4.78, 5) is 16.6. The van der Waals surface area contributed by atoms with Gasteiger partial charge >= 0.3 is 5.97 Å². The molecule has 0 saturated heterocycles. The lowest BCUT2D eigenvalue weighted by Crippen LogP contribution is -2.29. The fourth-order valence-corrected chi connectivity index (χ4v) is 2.86. The van der Waals surface area contributed by atoms with E-state index in [-0.39, 0.29) is 6.61 Å². The number of halogens is 2. The first-order valence-electron chi connectivity index (χ1n) is 7.02. The molecule has 1 aliphatic rings. The highest BCUT2D eigenvalue weighted by Gasteiger charge is 2.34. The minimum atomic E-state index is -0.484. The monoisotopic (exact) mass is 352 g/mol. The van der Waals surface area contributed by atoms with E-state index < -0.39 is 12.0 Å². The SMILES string of the molecule is CCOC(=O)C1=C(C)Nc2ncnn2C1c1ccc(Cl)c(Cl)c1. The topological polar surface area (TPSA) is 69.0 Å². The summed E-state index contributed by atoms with van der Waals surface area (Å²) >= 11 is 12.1. The van der Waals surface area contributed by atoms with E-state index in [9.17, 15) is 4.79 Å². The molecule has 6 nitrogen and oxygen atoms in total. The number of rotatable bonds is 3. The Morgan fingerprint density at radius 1 is 1.39 bits per heavy atom. The highest BCUT2D eigenvalue weighted by atomic mass is 35.5. The molecule has 0 bridgehead atoms. The number of fused-ring (bicyclic) bond motifs is 1. The van der Waals surface area contributed by atoms with Crippen molar-refractivity contribution in [1.82, 2.24) is 14.8 Å². The normalized spacial score (nSPS) is 16.8. The van der Waals surface area contributed by atoms with Crippen molar-refractivity contribution in [2.75, 3.05) is 11.9 Å². The van der Waals surface area contributed by atoms with Crippen molar-refractivity contribution in [3.63, 3.8) is 0 Å². The summed E-state index contributed by atoms with van der Waals surface area (Å²) in [5.41, 5.74) is 1.90. The van der Waals surface area contributed by atoms with E-state index in [1.165, 1.54) is 6.33 Å². The third kappa shape index (κ3) is 2.80. The summed E-state index contributed by atoms with van der Waals surface area (Å²) in [7, 11) is 0. The van der Waals surface area contributed by atoms with E-state index in [2.05, 4.69) is 15.4 Å². The molecule has 2 heterocycles. The van der Waals surface area contributed by atoms with Crippen molar-refractivity contribution in [3.8, 4) is 0 Å². The molecule has 0 amide bonds. The first-order chi connectivity index (χ1) is 11.0. The number of carbonyl (C=O) groups is 1. The smallest absolute Gasteiger partial charge is 0.338 e. The van der Waals surface area contributed by atoms with Gasteiger partial charge in [-0.1, -0.05) is 29.3 Å². The van der Waals surface area contributed by atoms with Gasteiger partial charge in [-0.05, 0) is 31.5 Å². The summed E-state index contributed by atoms with van der Waals surface area (Å²) < 4.78 is 6.82. The third-order valence-corrected chi connectivity index (χ3v) is 4.29. The second-order valence-electron chi connectivity index (χ2n) is 4.99. The molecule has 8 heteroatoms. The molecule has 0 spiro atoms. The molecule has 1 unspecified atom stereocenters. The highest BCUT2D eigenvalue weighted by Crippen LogP contribution is 2.37. The van der Waals surface area contributed by atoms with Crippen molar-refractivity contribution < 1.29 is 9.53 Å². The van der Waals surface area contributed by atoms with Gasteiger partial charge in [0.05, 0.1) is 22.2 Å². The van der Waals surface area contributed by atoms with Crippen molar-refractivity contribution in [3.05, 3.63) is 51.4 Å².